The highest BCUT2D eigenvalue weighted by Crippen LogP contribution is 2.27. The fraction of sp³-hybridized carbons (Fsp3) is 0.538. The molecule has 0 aromatic heterocycles. The van der Waals surface area contributed by atoms with E-state index in [9.17, 15) is 4.39 Å². The van der Waals surface area contributed by atoms with Crippen molar-refractivity contribution in [3.05, 3.63) is 24.0 Å². The van der Waals surface area contributed by atoms with Crippen molar-refractivity contribution in [1.29, 1.82) is 0 Å². The van der Waals surface area contributed by atoms with Crippen molar-refractivity contribution in [2.45, 2.75) is 38.6 Å². The van der Waals surface area contributed by atoms with Crippen LogP contribution in [0.4, 0.5) is 15.8 Å². The van der Waals surface area contributed by atoms with Gasteiger partial charge in [0.1, 0.15) is 5.82 Å². The van der Waals surface area contributed by atoms with Crippen LogP contribution in [-0.2, 0) is 0 Å². The van der Waals surface area contributed by atoms with Crippen LogP contribution in [0.15, 0.2) is 18.2 Å². The summed E-state index contributed by atoms with van der Waals surface area (Å²) in [4.78, 5) is 0. The van der Waals surface area contributed by atoms with Crippen LogP contribution >= 0.6 is 0 Å². The quantitative estimate of drug-likeness (QED) is 0.753. The molecule has 2 nitrogen and oxygen atoms in total. The lowest BCUT2D eigenvalue weighted by molar-refractivity contribution is 0.360. The lowest BCUT2D eigenvalue weighted by Gasteiger charge is -2.27. The van der Waals surface area contributed by atoms with E-state index in [1.807, 2.05) is 0 Å². The molecule has 3 heteroatoms. The van der Waals surface area contributed by atoms with Gasteiger partial charge >= 0.3 is 0 Å². The molecule has 2 rings (SSSR count). The molecule has 1 fully saturated rings. The van der Waals surface area contributed by atoms with Gasteiger partial charge in [0, 0.05) is 11.7 Å². The van der Waals surface area contributed by atoms with Crippen LogP contribution in [0.3, 0.4) is 0 Å². The molecule has 1 aliphatic rings. The summed E-state index contributed by atoms with van der Waals surface area (Å²) in [6.45, 7) is 2.28. The summed E-state index contributed by atoms with van der Waals surface area (Å²) in [7, 11) is 0. The summed E-state index contributed by atoms with van der Waals surface area (Å²) in [5, 5.41) is 3.27. The number of anilines is 2. The molecule has 88 valence electrons. The van der Waals surface area contributed by atoms with Crippen molar-refractivity contribution in [3.63, 3.8) is 0 Å². The second-order valence-corrected chi connectivity index (χ2v) is 4.84. The van der Waals surface area contributed by atoms with E-state index >= 15 is 0 Å². The first kappa shape index (κ1) is 11.2. The molecule has 1 aliphatic carbocycles. The zero-order valence-electron chi connectivity index (χ0n) is 9.67. The van der Waals surface area contributed by atoms with Gasteiger partial charge in [-0.05, 0) is 49.8 Å². The zero-order chi connectivity index (χ0) is 11.5. The summed E-state index contributed by atoms with van der Waals surface area (Å²) < 4.78 is 13.5. The fourth-order valence-corrected chi connectivity index (χ4v) is 2.27. The summed E-state index contributed by atoms with van der Waals surface area (Å²) in [5.41, 5.74) is 6.56. The van der Waals surface area contributed by atoms with Gasteiger partial charge in [-0.3, -0.25) is 0 Å². The Bertz CT molecular complexity index is 357. The van der Waals surface area contributed by atoms with Crippen LogP contribution in [0.5, 0.6) is 0 Å². The first-order valence-corrected chi connectivity index (χ1v) is 5.96. The van der Waals surface area contributed by atoms with Crippen molar-refractivity contribution in [3.8, 4) is 0 Å². The van der Waals surface area contributed by atoms with E-state index in [1.54, 1.807) is 12.1 Å². The van der Waals surface area contributed by atoms with Crippen LogP contribution in [0.25, 0.3) is 0 Å². The molecule has 1 saturated carbocycles. The Morgan fingerprint density at radius 2 is 1.94 bits per heavy atom. The average Bonchev–Trinajstić information content (AvgIpc) is 2.25. The van der Waals surface area contributed by atoms with Crippen molar-refractivity contribution in [1.82, 2.24) is 0 Å². The molecule has 0 radical (unpaired) electrons. The maximum absolute atomic E-state index is 13.5. The zero-order valence-corrected chi connectivity index (χ0v) is 9.67. The number of nitrogens with one attached hydrogen (secondary N) is 1. The molecule has 0 atom stereocenters. The highest BCUT2D eigenvalue weighted by Gasteiger charge is 2.18. The van der Waals surface area contributed by atoms with E-state index in [0.717, 1.165) is 18.8 Å². The maximum atomic E-state index is 13.5. The smallest absolute Gasteiger partial charge is 0.148 e. The minimum absolute atomic E-state index is 0.251. The third kappa shape index (κ3) is 2.65. The third-order valence-corrected chi connectivity index (χ3v) is 3.37. The predicted octanol–water partition coefficient (Wildman–Crippen LogP) is 3.40. The van der Waals surface area contributed by atoms with Gasteiger partial charge in [-0.2, -0.15) is 0 Å². The van der Waals surface area contributed by atoms with Gasteiger partial charge in [0.05, 0.1) is 5.69 Å². The number of hydrogen-bond donors (Lipinski definition) is 2. The SMILES string of the molecule is CC1CCC(Nc2ccc(N)cc2F)CC1. The number of benzene rings is 1. The van der Waals surface area contributed by atoms with Crippen LogP contribution in [0.2, 0.25) is 0 Å². The normalized spacial score (nSPS) is 25.4. The van der Waals surface area contributed by atoms with Gasteiger partial charge < -0.3 is 11.1 Å². The highest BCUT2D eigenvalue weighted by molar-refractivity contribution is 5.53. The van der Waals surface area contributed by atoms with E-state index in [2.05, 4.69) is 12.2 Å². The molecule has 1 aromatic carbocycles. The molecule has 16 heavy (non-hydrogen) atoms. The third-order valence-electron chi connectivity index (χ3n) is 3.37. The molecule has 0 aliphatic heterocycles. The van der Waals surface area contributed by atoms with Crippen LogP contribution in [0, 0.1) is 11.7 Å². The molecular formula is C13H19FN2. The number of rotatable bonds is 2. The van der Waals surface area contributed by atoms with E-state index in [1.165, 1.54) is 18.9 Å². The standard InChI is InChI=1S/C13H19FN2/c1-9-2-5-11(6-3-9)16-13-7-4-10(15)8-12(13)14/h4,7-9,11,16H,2-3,5-6,15H2,1H3. The first-order chi connectivity index (χ1) is 7.65. The fourth-order valence-electron chi connectivity index (χ4n) is 2.27. The van der Waals surface area contributed by atoms with Gasteiger partial charge in [0.2, 0.25) is 0 Å². The Morgan fingerprint density at radius 3 is 2.56 bits per heavy atom. The Hall–Kier alpha value is -1.25. The summed E-state index contributed by atoms with van der Waals surface area (Å²) >= 11 is 0. The van der Waals surface area contributed by atoms with Gasteiger partial charge in [0.15, 0.2) is 0 Å². The van der Waals surface area contributed by atoms with Crippen LogP contribution in [0.1, 0.15) is 32.6 Å². The van der Waals surface area contributed by atoms with Gasteiger partial charge in [-0.1, -0.05) is 6.92 Å². The Morgan fingerprint density at radius 1 is 1.25 bits per heavy atom. The van der Waals surface area contributed by atoms with E-state index in [4.69, 9.17) is 5.73 Å². The Balaban J connectivity index is 1.98. The molecule has 0 heterocycles. The number of halogens is 1. The number of nitrogen functional groups attached to an aromatic ring is 1. The monoisotopic (exact) mass is 222 g/mol. The molecular weight excluding hydrogens is 203 g/mol. The van der Waals surface area contributed by atoms with Crippen molar-refractivity contribution < 1.29 is 4.39 Å². The minimum atomic E-state index is -0.251. The van der Waals surface area contributed by atoms with Crippen LogP contribution < -0.4 is 11.1 Å². The Labute approximate surface area is 96.0 Å². The second-order valence-electron chi connectivity index (χ2n) is 4.84. The summed E-state index contributed by atoms with van der Waals surface area (Å²) in [5.74, 6) is 0.563. The number of hydrogen-bond acceptors (Lipinski definition) is 2. The Kier molecular flexibility index (Phi) is 3.32. The lowest BCUT2D eigenvalue weighted by atomic mass is 9.87. The topological polar surface area (TPSA) is 38.0 Å². The molecule has 0 amide bonds. The van der Waals surface area contributed by atoms with E-state index in [0.29, 0.717) is 17.4 Å². The lowest BCUT2D eigenvalue weighted by Crippen LogP contribution is -2.25. The van der Waals surface area contributed by atoms with Gasteiger partial charge in [-0.15, -0.1) is 0 Å². The van der Waals surface area contributed by atoms with Crippen molar-refractivity contribution in [2.24, 2.45) is 5.92 Å². The number of nitrogens with two attached hydrogens (primary N) is 1. The van der Waals surface area contributed by atoms with Gasteiger partial charge in [0.25, 0.3) is 0 Å². The highest BCUT2D eigenvalue weighted by atomic mass is 19.1. The molecule has 0 unspecified atom stereocenters. The van der Waals surface area contributed by atoms with Gasteiger partial charge in [-0.25, -0.2) is 4.39 Å². The van der Waals surface area contributed by atoms with Crippen LogP contribution in [-0.4, -0.2) is 6.04 Å². The molecule has 0 spiro atoms. The molecule has 1 aromatic rings. The minimum Gasteiger partial charge on any atom is -0.399 e. The first-order valence-electron chi connectivity index (χ1n) is 5.96. The molecule has 0 bridgehead atoms. The second kappa shape index (κ2) is 4.73. The van der Waals surface area contributed by atoms with E-state index < -0.39 is 0 Å². The maximum Gasteiger partial charge on any atom is 0.148 e. The van der Waals surface area contributed by atoms with Crippen molar-refractivity contribution in [2.75, 3.05) is 11.1 Å². The average molecular weight is 222 g/mol. The largest absolute Gasteiger partial charge is 0.399 e. The summed E-state index contributed by atoms with van der Waals surface area (Å²) in [6.07, 6.45) is 4.72. The van der Waals surface area contributed by atoms with Crippen molar-refractivity contribution >= 4 is 11.4 Å². The van der Waals surface area contributed by atoms with E-state index in [-0.39, 0.29) is 5.82 Å². The molecule has 3 N–H and O–H groups in total. The summed E-state index contributed by atoms with van der Waals surface area (Å²) in [6, 6.07) is 5.24. The molecule has 0 saturated heterocycles. The predicted molar refractivity (Wildman–Crippen MR) is 65.9 cm³/mol.